The standard InChI is InChI=1S/C16H14N2O2S/c19-21(20,11-9-13-4-2-1-3-5-13)18-15-6-7-16-14(12-15)8-10-17-16/h1-12,17-18H/b11-9+. The van der Waals surface area contributed by atoms with Crippen molar-refractivity contribution in [2.45, 2.75) is 0 Å². The van der Waals surface area contributed by atoms with Gasteiger partial charge in [-0.15, -0.1) is 0 Å². The number of hydrogen-bond acceptors (Lipinski definition) is 2. The van der Waals surface area contributed by atoms with E-state index in [1.807, 2.05) is 48.7 Å². The molecule has 0 saturated heterocycles. The predicted octanol–water partition coefficient (Wildman–Crippen LogP) is 3.58. The molecule has 3 rings (SSSR count). The second-order valence-electron chi connectivity index (χ2n) is 4.64. The Balaban J connectivity index is 1.80. The first-order valence-corrected chi connectivity index (χ1v) is 8.00. The van der Waals surface area contributed by atoms with E-state index in [1.54, 1.807) is 18.2 Å². The van der Waals surface area contributed by atoms with E-state index < -0.39 is 10.0 Å². The highest BCUT2D eigenvalue weighted by Gasteiger charge is 2.06. The SMILES string of the molecule is O=S(=O)(/C=C/c1ccccc1)Nc1ccc2[nH]ccc2c1. The summed E-state index contributed by atoms with van der Waals surface area (Å²) in [7, 11) is -3.53. The average Bonchev–Trinajstić information content (AvgIpc) is 2.93. The third-order valence-corrected chi connectivity index (χ3v) is 4.07. The van der Waals surface area contributed by atoms with Gasteiger partial charge in [-0.3, -0.25) is 4.72 Å². The van der Waals surface area contributed by atoms with Crippen LogP contribution in [-0.4, -0.2) is 13.4 Å². The molecule has 2 aromatic carbocycles. The van der Waals surface area contributed by atoms with E-state index in [1.165, 1.54) is 5.41 Å². The molecule has 1 heterocycles. The molecule has 0 aliphatic carbocycles. The summed E-state index contributed by atoms with van der Waals surface area (Å²) < 4.78 is 26.6. The fourth-order valence-electron chi connectivity index (χ4n) is 2.05. The molecule has 0 aliphatic heterocycles. The smallest absolute Gasteiger partial charge is 0.255 e. The van der Waals surface area contributed by atoms with Gasteiger partial charge < -0.3 is 4.98 Å². The van der Waals surface area contributed by atoms with Crippen LogP contribution in [0.5, 0.6) is 0 Å². The van der Waals surface area contributed by atoms with Crippen molar-refractivity contribution in [1.29, 1.82) is 0 Å². The van der Waals surface area contributed by atoms with Gasteiger partial charge in [0.25, 0.3) is 10.0 Å². The van der Waals surface area contributed by atoms with Crippen LogP contribution in [0.25, 0.3) is 17.0 Å². The van der Waals surface area contributed by atoms with Crippen molar-refractivity contribution in [2.24, 2.45) is 0 Å². The number of anilines is 1. The molecule has 0 atom stereocenters. The van der Waals surface area contributed by atoms with Crippen molar-refractivity contribution in [2.75, 3.05) is 4.72 Å². The summed E-state index contributed by atoms with van der Waals surface area (Å²) in [4.78, 5) is 3.07. The maximum Gasteiger partial charge on any atom is 0.255 e. The molecule has 0 unspecified atom stereocenters. The molecule has 2 N–H and O–H groups in total. The summed E-state index contributed by atoms with van der Waals surface area (Å²) >= 11 is 0. The minimum Gasteiger partial charge on any atom is -0.361 e. The molecular weight excluding hydrogens is 284 g/mol. The van der Waals surface area contributed by atoms with Crippen LogP contribution in [0, 0.1) is 0 Å². The Morgan fingerprint density at radius 2 is 1.81 bits per heavy atom. The molecule has 0 radical (unpaired) electrons. The van der Waals surface area contributed by atoms with E-state index in [4.69, 9.17) is 0 Å². The third-order valence-electron chi connectivity index (χ3n) is 3.05. The average molecular weight is 298 g/mol. The molecule has 0 spiro atoms. The Kier molecular flexibility index (Phi) is 3.50. The maximum atomic E-state index is 12.0. The van der Waals surface area contributed by atoms with Gasteiger partial charge in [0.05, 0.1) is 5.41 Å². The van der Waals surface area contributed by atoms with Gasteiger partial charge in [-0.2, -0.15) is 0 Å². The number of nitrogens with one attached hydrogen (secondary N) is 2. The fraction of sp³-hybridized carbons (Fsp3) is 0. The number of fused-ring (bicyclic) bond motifs is 1. The molecule has 5 heteroatoms. The van der Waals surface area contributed by atoms with Gasteiger partial charge in [0.2, 0.25) is 0 Å². The summed E-state index contributed by atoms with van der Waals surface area (Å²) in [5, 5.41) is 2.13. The summed E-state index contributed by atoms with van der Waals surface area (Å²) in [6.07, 6.45) is 3.38. The number of hydrogen-bond donors (Lipinski definition) is 2. The van der Waals surface area contributed by atoms with Crippen LogP contribution < -0.4 is 4.72 Å². The van der Waals surface area contributed by atoms with Gasteiger partial charge in [0.15, 0.2) is 0 Å². The highest BCUT2D eigenvalue weighted by atomic mass is 32.2. The lowest BCUT2D eigenvalue weighted by atomic mass is 10.2. The Morgan fingerprint density at radius 3 is 2.62 bits per heavy atom. The third kappa shape index (κ3) is 3.32. The Labute approximate surface area is 123 Å². The first kappa shape index (κ1) is 13.5. The van der Waals surface area contributed by atoms with Crippen molar-refractivity contribution in [3.05, 3.63) is 71.8 Å². The Morgan fingerprint density at radius 1 is 1.00 bits per heavy atom. The molecule has 3 aromatic rings. The zero-order valence-corrected chi connectivity index (χ0v) is 12.0. The number of aromatic amines is 1. The van der Waals surface area contributed by atoms with Crippen molar-refractivity contribution >= 4 is 32.7 Å². The minimum absolute atomic E-state index is 0.541. The first-order valence-electron chi connectivity index (χ1n) is 6.45. The van der Waals surface area contributed by atoms with Gasteiger partial charge in [-0.1, -0.05) is 30.3 Å². The highest BCUT2D eigenvalue weighted by molar-refractivity contribution is 7.95. The number of rotatable bonds is 4. The maximum absolute atomic E-state index is 12.0. The number of sulfonamides is 1. The zero-order valence-electron chi connectivity index (χ0n) is 11.2. The normalized spacial score (nSPS) is 12.0. The van der Waals surface area contributed by atoms with E-state index in [-0.39, 0.29) is 0 Å². The van der Waals surface area contributed by atoms with E-state index in [9.17, 15) is 8.42 Å². The lowest BCUT2D eigenvalue weighted by Gasteiger charge is -2.04. The summed E-state index contributed by atoms with van der Waals surface area (Å²) in [6, 6.07) is 16.6. The van der Waals surface area contributed by atoms with Crippen molar-refractivity contribution in [3.8, 4) is 0 Å². The van der Waals surface area contributed by atoms with Crippen LogP contribution in [0.4, 0.5) is 5.69 Å². The second kappa shape index (κ2) is 5.46. The van der Waals surface area contributed by atoms with Gasteiger partial charge in [-0.05, 0) is 35.9 Å². The van der Waals surface area contributed by atoms with Crippen molar-refractivity contribution < 1.29 is 8.42 Å². The van der Waals surface area contributed by atoms with Crippen LogP contribution in [0.1, 0.15) is 5.56 Å². The molecular formula is C16H14N2O2S. The van der Waals surface area contributed by atoms with Gasteiger partial charge in [-0.25, -0.2) is 8.42 Å². The molecule has 21 heavy (non-hydrogen) atoms. The molecule has 0 saturated carbocycles. The zero-order chi connectivity index (χ0) is 14.7. The molecule has 4 nitrogen and oxygen atoms in total. The quantitative estimate of drug-likeness (QED) is 0.773. The van der Waals surface area contributed by atoms with Gasteiger partial charge >= 0.3 is 0 Å². The lowest BCUT2D eigenvalue weighted by molar-refractivity contribution is 0.609. The molecule has 0 bridgehead atoms. The van der Waals surface area contributed by atoms with E-state index in [0.29, 0.717) is 5.69 Å². The largest absolute Gasteiger partial charge is 0.361 e. The number of benzene rings is 2. The first-order chi connectivity index (χ1) is 10.1. The molecule has 0 fully saturated rings. The van der Waals surface area contributed by atoms with E-state index in [2.05, 4.69) is 9.71 Å². The molecule has 106 valence electrons. The van der Waals surface area contributed by atoms with Crippen molar-refractivity contribution in [3.63, 3.8) is 0 Å². The molecule has 1 aromatic heterocycles. The summed E-state index contributed by atoms with van der Waals surface area (Å²) in [5.74, 6) is 0. The van der Waals surface area contributed by atoms with Gasteiger partial charge in [0.1, 0.15) is 0 Å². The van der Waals surface area contributed by atoms with Crippen LogP contribution >= 0.6 is 0 Å². The highest BCUT2D eigenvalue weighted by Crippen LogP contribution is 2.19. The fourth-order valence-corrected chi connectivity index (χ4v) is 2.91. The minimum atomic E-state index is -3.53. The Hall–Kier alpha value is -2.53. The predicted molar refractivity (Wildman–Crippen MR) is 86.3 cm³/mol. The van der Waals surface area contributed by atoms with Gasteiger partial charge in [0, 0.05) is 22.8 Å². The summed E-state index contributed by atoms with van der Waals surface area (Å²) in [6.45, 7) is 0. The monoisotopic (exact) mass is 298 g/mol. The van der Waals surface area contributed by atoms with Crippen LogP contribution in [0.2, 0.25) is 0 Å². The number of H-pyrrole nitrogens is 1. The second-order valence-corrected chi connectivity index (χ2v) is 6.21. The van der Waals surface area contributed by atoms with Crippen molar-refractivity contribution in [1.82, 2.24) is 4.98 Å². The van der Waals surface area contributed by atoms with Crippen LogP contribution in [-0.2, 0) is 10.0 Å². The summed E-state index contributed by atoms with van der Waals surface area (Å²) in [5.41, 5.74) is 2.35. The van der Waals surface area contributed by atoms with E-state index in [0.717, 1.165) is 16.5 Å². The van der Waals surface area contributed by atoms with Crippen LogP contribution in [0.3, 0.4) is 0 Å². The topological polar surface area (TPSA) is 62.0 Å². The Bertz CT molecular complexity index is 881. The lowest BCUT2D eigenvalue weighted by Crippen LogP contribution is -2.08. The van der Waals surface area contributed by atoms with Crippen LogP contribution in [0.15, 0.2) is 66.2 Å². The number of aromatic nitrogens is 1. The molecule has 0 amide bonds. The molecule has 0 aliphatic rings. The van der Waals surface area contributed by atoms with E-state index >= 15 is 0 Å².